The van der Waals surface area contributed by atoms with E-state index >= 15 is 0 Å². The molecule has 22 heavy (non-hydrogen) atoms. The van der Waals surface area contributed by atoms with Gasteiger partial charge in [-0.2, -0.15) is 0 Å². The van der Waals surface area contributed by atoms with E-state index in [0.29, 0.717) is 17.7 Å². The Labute approximate surface area is 129 Å². The Morgan fingerprint density at radius 2 is 1.91 bits per heavy atom. The van der Waals surface area contributed by atoms with Gasteiger partial charge in [-0.15, -0.1) is 0 Å². The van der Waals surface area contributed by atoms with Gasteiger partial charge in [-0.05, 0) is 55.0 Å². The van der Waals surface area contributed by atoms with Crippen LogP contribution in [0.4, 0.5) is 4.39 Å². The van der Waals surface area contributed by atoms with Crippen LogP contribution >= 0.6 is 0 Å². The SMILES string of the molecule is CCOc1ccc(C(=O)/C=C/c2ccc(OC)c(F)c2)cc1. The molecule has 0 bridgehead atoms. The first kappa shape index (κ1) is 15.8. The van der Waals surface area contributed by atoms with E-state index in [-0.39, 0.29) is 11.5 Å². The van der Waals surface area contributed by atoms with E-state index in [1.807, 2.05) is 6.92 Å². The topological polar surface area (TPSA) is 35.5 Å². The molecule has 0 N–H and O–H groups in total. The Bertz CT molecular complexity index is 675. The molecule has 0 saturated carbocycles. The van der Waals surface area contributed by atoms with Crippen LogP contribution in [0.3, 0.4) is 0 Å². The third-order valence-corrected chi connectivity index (χ3v) is 3.05. The number of halogens is 1. The van der Waals surface area contributed by atoms with Crippen molar-refractivity contribution in [2.24, 2.45) is 0 Å². The van der Waals surface area contributed by atoms with Crippen LogP contribution in [0, 0.1) is 5.82 Å². The van der Waals surface area contributed by atoms with Gasteiger partial charge >= 0.3 is 0 Å². The quantitative estimate of drug-likeness (QED) is 0.594. The van der Waals surface area contributed by atoms with Gasteiger partial charge in [-0.3, -0.25) is 4.79 Å². The molecule has 0 aliphatic heterocycles. The molecule has 0 unspecified atom stereocenters. The number of ether oxygens (including phenoxy) is 2. The van der Waals surface area contributed by atoms with Gasteiger partial charge in [0, 0.05) is 5.56 Å². The summed E-state index contributed by atoms with van der Waals surface area (Å²) in [5, 5.41) is 0. The molecule has 0 aromatic heterocycles. The monoisotopic (exact) mass is 300 g/mol. The Morgan fingerprint density at radius 1 is 1.18 bits per heavy atom. The Morgan fingerprint density at radius 3 is 2.50 bits per heavy atom. The number of methoxy groups -OCH3 is 1. The lowest BCUT2D eigenvalue weighted by Gasteiger charge is -2.03. The maximum atomic E-state index is 13.6. The summed E-state index contributed by atoms with van der Waals surface area (Å²) in [5.41, 5.74) is 1.14. The fraction of sp³-hybridized carbons (Fsp3) is 0.167. The molecule has 0 aliphatic carbocycles. The fourth-order valence-corrected chi connectivity index (χ4v) is 1.94. The highest BCUT2D eigenvalue weighted by Crippen LogP contribution is 2.19. The highest BCUT2D eigenvalue weighted by atomic mass is 19.1. The van der Waals surface area contributed by atoms with Crippen molar-refractivity contribution in [3.63, 3.8) is 0 Å². The van der Waals surface area contributed by atoms with Crippen molar-refractivity contribution in [2.75, 3.05) is 13.7 Å². The first-order chi connectivity index (χ1) is 10.6. The molecule has 2 rings (SSSR count). The van der Waals surface area contributed by atoms with Crippen LogP contribution in [0.1, 0.15) is 22.8 Å². The van der Waals surface area contributed by atoms with Gasteiger partial charge in [0.15, 0.2) is 17.3 Å². The normalized spacial score (nSPS) is 10.7. The predicted molar refractivity (Wildman–Crippen MR) is 83.9 cm³/mol. The van der Waals surface area contributed by atoms with Crippen LogP contribution in [0.5, 0.6) is 11.5 Å². The largest absolute Gasteiger partial charge is 0.494 e. The van der Waals surface area contributed by atoms with Gasteiger partial charge in [0.25, 0.3) is 0 Å². The van der Waals surface area contributed by atoms with E-state index in [1.165, 1.54) is 25.3 Å². The minimum absolute atomic E-state index is 0.153. The van der Waals surface area contributed by atoms with E-state index in [4.69, 9.17) is 9.47 Å². The molecule has 0 amide bonds. The van der Waals surface area contributed by atoms with Gasteiger partial charge in [-0.1, -0.05) is 12.1 Å². The third kappa shape index (κ3) is 3.95. The molecule has 0 fully saturated rings. The second-order valence-electron chi connectivity index (χ2n) is 4.55. The van der Waals surface area contributed by atoms with Crippen LogP contribution < -0.4 is 9.47 Å². The summed E-state index contributed by atoms with van der Waals surface area (Å²) in [7, 11) is 1.41. The van der Waals surface area contributed by atoms with E-state index < -0.39 is 5.82 Å². The minimum Gasteiger partial charge on any atom is -0.494 e. The molecule has 0 aliphatic rings. The summed E-state index contributed by atoms with van der Waals surface area (Å²) in [4.78, 5) is 12.0. The molecule has 114 valence electrons. The summed E-state index contributed by atoms with van der Waals surface area (Å²) in [6, 6.07) is 11.4. The Kier molecular flexibility index (Phi) is 5.31. The number of carbonyl (C=O) groups excluding carboxylic acids is 1. The van der Waals surface area contributed by atoms with E-state index in [9.17, 15) is 9.18 Å². The molecule has 0 spiro atoms. The number of benzene rings is 2. The molecule has 3 nitrogen and oxygen atoms in total. The zero-order valence-electron chi connectivity index (χ0n) is 12.5. The number of allylic oxidation sites excluding steroid dienone is 1. The van der Waals surface area contributed by atoms with Gasteiger partial charge in [0.1, 0.15) is 5.75 Å². The molecule has 0 radical (unpaired) electrons. The van der Waals surface area contributed by atoms with Crippen LogP contribution in [0.15, 0.2) is 48.5 Å². The molecule has 2 aromatic carbocycles. The van der Waals surface area contributed by atoms with Gasteiger partial charge in [0.2, 0.25) is 0 Å². The second kappa shape index (κ2) is 7.41. The maximum Gasteiger partial charge on any atom is 0.185 e. The van der Waals surface area contributed by atoms with Crippen molar-refractivity contribution in [3.05, 3.63) is 65.5 Å². The molecule has 0 atom stereocenters. The van der Waals surface area contributed by atoms with Crippen LogP contribution in [-0.4, -0.2) is 19.5 Å². The van der Waals surface area contributed by atoms with Crippen LogP contribution in [-0.2, 0) is 0 Å². The zero-order chi connectivity index (χ0) is 15.9. The fourth-order valence-electron chi connectivity index (χ4n) is 1.94. The Hall–Kier alpha value is -2.62. The number of hydrogen-bond acceptors (Lipinski definition) is 3. The van der Waals surface area contributed by atoms with E-state index in [0.717, 1.165) is 5.75 Å². The average Bonchev–Trinajstić information content (AvgIpc) is 2.54. The molecular weight excluding hydrogens is 283 g/mol. The van der Waals surface area contributed by atoms with Crippen LogP contribution in [0.25, 0.3) is 6.08 Å². The number of ketones is 1. The molecular formula is C18H17FO3. The summed E-state index contributed by atoms with van der Waals surface area (Å²) in [6.07, 6.45) is 2.98. The van der Waals surface area contributed by atoms with Gasteiger partial charge in [-0.25, -0.2) is 4.39 Å². The smallest absolute Gasteiger partial charge is 0.185 e. The van der Waals surface area contributed by atoms with Gasteiger partial charge < -0.3 is 9.47 Å². The highest BCUT2D eigenvalue weighted by Gasteiger charge is 2.04. The minimum atomic E-state index is -0.460. The summed E-state index contributed by atoms with van der Waals surface area (Å²) < 4.78 is 23.7. The van der Waals surface area contributed by atoms with Crippen molar-refractivity contribution in [2.45, 2.75) is 6.92 Å². The lowest BCUT2D eigenvalue weighted by Crippen LogP contribution is -1.96. The highest BCUT2D eigenvalue weighted by molar-refractivity contribution is 6.06. The van der Waals surface area contributed by atoms with E-state index in [2.05, 4.69) is 0 Å². The lowest BCUT2D eigenvalue weighted by atomic mass is 10.1. The molecule has 2 aromatic rings. The van der Waals surface area contributed by atoms with Crippen molar-refractivity contribution in [1.29, 1.82) is 0 Å². The van der Waals surface area contributed by atoms with Crippen molar-refractivity contribution in [1.82, 2.24) is 0 Å². The van der Waals surface area contributed by atoms with Crippen molar-refractivity contribution >= 4 is 11.9 Å². The second-order valence-corrected chi connectivity index (χ2v) is 4.55. The third-order valence-electron chi connectivity index (χ3n) is 3.05. The standard InChI is InChI=1S/C18H17FO3/c1-3-22-15-8-6-14(7-9-15)17(20)10-4-13-5-11-18(21-2)16(19)12-13/h4-12H,3H2,1-2H3/b10-4+. The van der Waals surface area contributed by atoms with E-state index in [1.54, 1.807) is 36.4 Å². The van der Waals surface area contributed by atoms with Crippen molar-refractivity contribution < 1.29 is 18.7 Å². The van der Waals surface area contributed by atoms with Crippen molar-refractivity contribution in [3.8, 4) is 11.5 Å². The summed E-state index contributed by atoms with van der Waals surface area (Å²) in [6.45, 7) is 2.48. The molecule has 0 saturated heterocycles. The predicted octanol–water partition coefficient (Wildman–Crippen LogP) is 4.13. The zero-order valence-corrected chi connectivity index (χ0v) is 12.5. The number of rotatable bonds is 6. The first-order valence-corrected chi connectivity index (χ1v) is 6.93. The maximum absolute atomic E-state index is 13.6. The first-order valence-electron chi connectivity index (χ1n) is 6.93. The van der Waals surface area contributed by atoms with Crippen LogP contribution in [0.2, 0.25) is 0 Å². The average molecular weight is 300 g/mol. The number of carbonyl (C=O) groups is 1. The Balaban J connectivity index is 2.09. The molecule has 4 heteroatoms. The van der Waals surface area contributed by atoms with Gasteiger partial charge in [0.05, 0.1) is 13.7 Å². The summed E-state index contributed by atoms with van der Waals surface area (Å²) in [5.74, 6) is 0.285. The lowest BCUT2D eigenvalue weighted by molar-refractivity contribution is 0.104. The number of hydrogen-bond donors (Lipinski definition) is 0. The summed E-state index contributed by atoms with van der Waals surface area (Å²) >= 11 is 0. The molecule has 0 heterocycles.